The molecule has 0 saturated carbocycles. The summed E-state index contributed by atoms with van der Waals surface area (Å²) in [6, 6.07) is 0. The number of imidazole rings is 1. The SMILES string of the molecule is CC(=O)N1CCc2c(cncc2C(=O)n2ccnc2N)C1. The molecule has 0 saturated heterocycles. The first kappa shape index (κ1) is 13.3. The number of anilines is 1. The van der Waals surface area contributed by atoms with Crippen molar-refractivity contribution in [1.29, 1.82) is 0 Å². The van der Waals surface area contributed by atoms with Crippen LogP contribution in [0.3, 0.4) is 0 Å². The van der Waals surface area contributed by atoms with Crippen LogP contribution in [0.25, 0.3) is 0 Å². The summed E-state index contributed by atoms with van der Waals surface area (Å²) in [6.45, 7) is 2.63. The summed E-state index contributed by atoms with van der Waals surface area (Å²) in [7, 11) is 0. The monoisotopic (exact) mass is 285 g/mol. The van der Waals surface area contributed by atoms with E-state index in [0.717, 1.165) is 11.1 Å². The van der Waals surface area contributed by atoms with Gasteiger partial charge in [-0.05, 0) is 17.5 Å². The number of fused-ring (bicyclic) bond motifs is 1. The van der Waals surface area contributed by atoms with Crippen LogP contribution in [0, 0.1) is 0 Å². The van der Waals surface area contributed by atoms with E-state index in [2.05, 4.69) is 9.97 Å². The highest BCUT2D eigenvalue weighted by molar-refractivity contribution is 5.98. The summed E-state index contributed by atoms with van der Waals surface area (Å²) in [4.78, 5) is 33.7. The maximum absolute atomic E-state index is 12.5. The fraction of sp³-hybridized carbons (Fsp3) is 0.286. The van der Waals surface area contributed by atoms with Crippen LogP contribution >= 0.6 is 0 Å². The van der Waals surface area contributed by atoms with Crippen molar-refractivity contribution < 1.29 is 9.59 Å². The molecule has 1 amide bonds. The fourth-order valence-corrected chi connectivity index (χ4v) is 2.56. The van der Waals surface area contributed by atoms with Gasteiger partial charge in [-0.3, -0.25) is 19.1 Å². The summed E-state index contributed by atoms with van der Waals surface area (Å²) in [5, 5.41) is 0. The lowest BCUT2D eigenvalue weighted by molar-refractivity contribution is -0.129. The van der Waals surface area contributed by atoms with Crippen molar-refractivity contribution in [1.82, 2.24) is 19.4 Å². The molecule has 0 spiro atoms. The van der Waals surface area contributed by atoms with Gasteiger partial charge in [0.15, 0.2) is 0 Å². The van der Waals surface area contributed by atoms with E-state index < -0.39 is 0 Å². The number of aromatic nitrogens is 3. The Balaban J connectivity index is 1.99. The molecule has 2 aromatic rings. The van der Waals surface area contributed by atoms with E-state index in [9.17, 15) is 9.59 Å². The predicted molar refractivity (Wildman–Crippen MR) is 75.4 cm³/mol. The normalized spacial score (nSPS) is 13.9. The molecule has 2 N–H and O–H groups in total. The number of carbonyl (C=O) groups is 2. The van der Waals surface area contributed by atoms with Crippen molar-refractivity contribution in [3.05, 3.63) is 41.5 Å². The number of carbonyl (C=O) groups excluding carboxylic acids is 2. The topological polar surface area (TPSA) is 94.1 Å². The van der Waals surface area contributed by atoms with Gasteiger partial charge in [-0.25, -0.2) is 4.98 Å². The van der Waals surface area contributed by atoms with Crippen LogP contribution in [0.15, 0.2) is 24.8 Å². The van der Waals surface area contributed by atoms with Crippen LogP contribution in [-0.4, -0.2) is 37.8 Å². The average Bonchev–Trinajstić information content (AvgIpc) is 2.91. The number of amides is 1. The Labute approximate surface area is 121 Å². The minimum atomic E-state index is -0.245. The van der Waals surface area contributed by atoms with E-state index in [1.165, 1.54) is 17.0 Å². The molecule has 0 aromatic carbocycles. The quantitative estimate of drug-likeness (QED) is 0.821. The number of nitrogen functional groups attached to an aromatic ring is 1. The molecule has 0 radical (unpaired) electrons. The lowest BCUT2D eigenvalue weighted by atomic mass is 9.96. The Hall–Kier alpha value is -2.70. The zero-order valence-electron chi connectivity index (χ0n) is 11.6. The van der Waals surface area contributed by atoms with Gasteiger partial charge in [-0.15, -0.1) is 0 Å². The molecule has 0 aliphatic carbocycles. The van der Waals surface area contributed by atoms with Crippen molar-refractivity contribution in [3.63, 3.8) is 0 Å². The minimum Gasteiger partial charge on any atom is -0.369 e. The van der Waals surface area contributed by atoms with Gasteiger partial charge in [0.2, 0.25) is 11.9 Å². The summed E-state index contributed by atoms with van der Waals surface area (Å²) >= 11 is 0. The highest BCUT2D eigenvalue weighted by Crippen LogP contribution is 2.22. The van der Waals surface area contributed by atoms with Gasteiger partial charge < -0.3 is 10.6 Å². The van der Waals surface area contributed by atoms with E-state index in [1.807, 2.05) is 0 Å². The molecule has 2 aromatic heterocycles. The third kappa shape index (κ3) is 2.26. The first-order chi connectivity index (χ1) is 10.1. The Kier molecular flexibility index (Phi) is 3.17. The van der Waals surface area contributed by atoms with Crippen LogP contribution in [0.4, 0.5) is 5.95 Å². The van der Waals surface area contributed by atoms with Gasteiger partial charge >= 0.3 is 0 Å². The van der Waals surface area contributed by atoms with E-state index in [1.54, 1.807) is 24.2 Å². The van der Waals surface area contributed by atoms with E-state index in [0.29, 0.717) is 25.1 Å². The van der Waals surface area contributed by atoms with Crippen molar-refractivity contribution in [2.45, 2.75) is 19.9 Å². The van der Waals surface area contributed by atoms with E-state index >= 15 is 0 Å². The molecule has 0 bridgehead atoms. The molecule has 3 rings (SSSR count). The molecule has 21 heavy (non-hydrogen) atoms. The molecule has 0 fully saturated rings. The molecule has 1 aliphatic heterocycles. The third-order valence-corrected chi connectivity index (χ3v) is 3.70. The number of hydrogen-bond donors (Lipinski definition) is 1. The van der Waals surface area contributed by atoms with Crippen molar-refractivity contribution in [2.75, 3.05) is 12.3 Å². The molecular formula is C14H15N5O2. The van der Waals surface area contributed by atoms with Crippen LogP contribution in [-0.2, 0) is 17.8 Å². The summed E-state index contributed by atoms with van der Waals surface area (Å²) < 4.78 is 1.30. The number of rotatable bonds is 1. The zero-order valence-corrected chi connectivity index (χ0v) is 11.6. The Morgan fingerprint density at radius 3 is 2.81 bits per heavy atom. The standard InChI is InChI=1S/C14H15N5O2/c1-9(20)18-4-2-11-10(8-18)6-16-7-12(11)13(21)19-5-3-17-14(19)15/h3,5-7H,2,4,8H2,1H3,(H2,15,17). The Morgan fingerprint density at radius 1 is 1.33 bits per heavy atom. The molecule has 7 heteroatoms. The van der Waals surface area contributed by atoms with Crippen molar-refractivity contribution in [2.24, 2.45) is 0 Å². The Bertz CT molecular complexity index is 722. The molecular weight excluding hydrogens is 270 g/mol. The summed E-state index contributed by atoms with van der Waals surface area (Å²) in [5.41, 5.74) is 8.02. The second-order valence-corrected chi connectivity index (χ2v) is 4.98. The van der Waals surface area contributed by atoms with E-state index in [4.69, 9.17) is 5.73 Å². The van der Waals surface area contributed by atoms with Crippen LogP contribution < -0.4 is 5.73 Å². The lowest BCUT2D eigenvalue weighted by Gasteiger charge is -2.28. The number of nitrogens with two attached hydrogens (primary N) is 1. The second kappa shape index (κ2) is 5.01. The summed E-state index contributed by atoms with van der Waals surface area (Å²) in [5.74, 6) is -0.0689. The zero-order chi connectivity index (χ0) is 15.0. The maximum atomic E-state index is 12.5. The minimum absolute atomic E-state index is 0.0243. The smallest absolute Gasteiger partial charge is 0.266 e. The summed E-state index contributed by atoms with van der Waals surface area (Å²) in [6.07, 6.45) is 6.89. The van der Waals surface area contributed by atoms with Crippen LogP contribution in [0.1, 0.15) is 28.4 Å². The van der Waals surface area contributed by atoms with Crippen LogP contribution in [0.2, 0.25) is 0 Å². The average molecular weight is 285 g/mol. The fourth-order valence-electron chi connectivity index (χ4n) is 2.56. The van der Waals surface area contributed by atoms with Gasteiger partial charge in [0, 0.05) is 44.8 Å². The van der Waals surface area contributed by atoms with Crippen LogP contribution in [0.5, 0.6) is 0 Å². The molecule has 0 unspecified atom stereocenters. The highest BCUT2D eigenvalue weighted by atomic mass is 16.2. The lowest BCUT2D eigenvalue weighted by Crippen LogP contribution is -2.35. The molecule has 3 heterocycles. The number of hydrogen-bond acceptors (Lipinski definition) is 5. The molecule has 7 nitrogen and oxygen atoms in total. The first-order valence-corrected chi connectivity index (χ1v) is 6.62. The molecule has 108 valence electrons. The van der Waals surface area contributed by atoms with Gasteiger partial charge in [-0.1, -0.05) is 0 Å². The van der Waals surface area contributed by atoms with Crippen molar-refractivity contribution >= 4 is 17.8 Å². The first-order valence-electron chi connectivity index (χ1n) is 6.62. The predicted octanol–water partition coefficient (Wildman–Crippen LogP) is 0.453. The van der Waals surface area contributed by atoms with Crippen molar-refractivity contribution in [3.8, 4) is 0 Å². The Morgan fingerprint density at radius 2 is 2.14 bits per heavy atom. The van der Waals surface area contributed by atoms with E-state index in [-0.39, 0.29) is 17.8 Å². The molecule has 0 atom stereocenters. The number of nitrogens with zero attached hydrogens (tertiary/aromatic N) is 4. The number of pyridine rings is 1. The van der Waals surface area contributed by atoms with Gasteiger partial charge in [0.1, 0.15) is 0 Å². The highest BCUT2D eigenvalue weighted by Gasteiger charge is 2.24. The maximum Gasteiger partial charge on any atom is 0.266 e. The van der Waals surface area contributed by atoms with Gasteiger partial charge in [0.25, 0.3) is 5.91 Å². The molecule has 1 aliphatic rings. The third-order valence-electron chi connectivity index (χ3n) is 3.70. The van der Waals surface area contributed by atoms with Gasteiger partial charge in [-0.2, -0.15) is 0 Å². The largest absolute Gasteiger partial charge is 0.369 e. The second-order valence-electron chi connectivity index (χ2n) is 4.98. The van der Waals surface area contributed by atoms with Gasteiger partial charge in [0.05, 0.1) is 5.56 Å².